The first kappa shape index (κ1) is 14.2. The molecule has 17 heavy (non-hydrogen) atoms. The molecule has 4 nitrogen and oxygen atoms in total. The zero-order valence-corrected chi connectivity index (χ0v) is 10.9. The Labute approximate surface area is 103 Å². The second-order valence-corrected chi connectivity index (χ2v) is 6.12. The van der Waals surface area contributed by atoms with Gasteiger partial charge in [0.1, 0.15) is 0 Å². The first-order valence-electron chi connectivity index (χ1n) is 5.73. The fourth-order valence-electron chi connectivity index (χ4n) is 1.39. The Morgan fingerprint density at radius 3 is 2.53 bits per heavy atom. The van der Waals surface area contributed by atoms with Crippen molar-refractivity contribution < 1.29 is 13.3 Å². The van der Waals surface area contributed by atoms with Crippen molar-refractivity contribution in [1.29, 1.82) is 0 Å². The van der Waals surface area contributed by atoms with Gasteiger partial charge < -0.3 is 0 Å². The molecular weight excluding hydrogens is 238 g/mol. The second-order valence-electron chi connectivity index (χ2n) is 3.82. The van der Waals surface area contributed by atoms with Crippen LogP contribution in [-0.4, -0.2) is 26.5 Å². The van der Waals surface area contributed by atoms with E-state index in [1.54, 1.807) is 0 Å². The Balaban J connectivity index is 2.13. The molecule has 0 saturated carbocycles. The van der Waals surface area contributed by atoms with Crippen molar-refractivity contribution >= 4 is 9.84 Å². The van der Waals surface area contributed by atoms with Gasteiger partial charge in [0.15, 0.2) is 9.84 Å². The van der Waals surface area contributed by atoms with Crippen LogP contribution in [0, 0.1) is 0 Å². The first-order chi connectivity index (χ1) is 8.14. The van der Waals surface area contributed by atoms with E-state index >= 15 is 0 Å². The van der Waals surface area contributed by atoms with E-state index in [2.05, 4.69) is 5.48 Å². The Kier molecular flexibility index (Phi) is 6.18. The highest BCUT2D eigenvalue weighted by molar-refractivity contribution is 7.91. The van der Waals surface area contributed by atoms with E-state index in [4.69, 9.17) is 4.84 Å². The first-order valence-corrected chi connectivity index (χ1v) is 7.55. The quantitative estimate of drug-likeness (QED) is 0.567. The van der Waals surface area contributed by atoms with Gasteiger partial charge in [-0.3, -0.25) is 4.84 Å². The molecule has 0 fully saturated rings. The zero-order valence-electron chi connectivity index (χ0n) is 10.1. The van der Waals surface area contributed by atoms with Crippen molar-refractivity contribution in [3.8, 4) is 0 Å². The molecule has 0 radical (unpaired) electrons. The summed E-state index contributed by atoms with van der Waals surface area (Å²) in [5.41, 5.74) is 3.72. The topological polar surface area (TPSA) is 55.4 Å². The molecule has 0 amide bonds. The predicted octanol–water partition coefficient (Wildman–Crippen LogP) is 1.53. The molecule has 0 unspecified atom stereocenters. The lowest BCUT2D eigenvalue weighted by Crippen LogP contribution is -2.24. The zero-order chi connectivity index (χ0) is 12.6. The van der Waals surface area contributed by atoms with Gasteiger partial charge in [-0.05, 0) is 12.0 Å². The highest BCUT2D eigenvalue weighted by Gasteiger charge is 2.07. The molecule has 0 aliphatic heterocycles. The molecule has 1 aromatic rings. The number of sulfone groups is 1. The monoisotopic (exact) mass is 257 g/mol. The highest BCUT2D eigenvalue weighted by atomic mass is 32.2. The Hall–Kier alpha value is -0.910. The maximum absolute atomic E-state index is 11.4. The lowest BCUT2D eigenvalue weighted by Gasteiger charge is -2.06. The summed E-state index contributed by atoms with van der Waals surface area (Å²) >= 11 is 0. The molecule has 0 saturated heterocycles. The summed E-state index contributed by atoms with van der Waals surface area (Å²) in [7, 11) is -2.92. The molecule has 0 spiro atoms. The summed E-state index contributed by atoms with van der Waals surface area (Å²) in [6, 6.07) is 9.72. The minimum absolute atomic E-state index is 0.121. The smallest absolute Gasteiger partial charge is 0.151 e. The van der Waals surface area contributed by atoms with Crippen molar-refractivity contribution in [2.24, 2.45) is 0 Å². The van der Waals surface area contributed by atoms with Gasteiger partial charge in [0.25, 0.3) is 0 Å². The van der Waals surface area contributed by atoms with Gasteiger partial charge in [0.2, 0.25) is 0 Å². The van der Waals surface area contributed by atoms with Crippen LogP contribution < -0.4 is 5.48 Å². The predicted molar refractivity (Wildman–Crippen MR) is 68.2 cm³/mol. The normalized spacial score (nSPS) is 11.6. The van der Waals surface area contributed by atoms with E-state index in [0.717, 1.165) is 5.56 Å². The molecule has 0 atom stereocenters. The van der Waals surface area contributed by atoms with Crippen LogP contribution in [0.2, 0.25) is 0 Å². The van der Waals surface area contributed by atoms with Gasteiger partial charge in [0.05, 0.1) is 12.4 Å². The maximum Gasteiger partial charge on any atom is 0.151 e. The minimum Gasteiger partial charge on any atom is -0.297 e. The van der Waals surface area contributed by atoms with E-state index in [1.165, 1.54) is 0 Å². The molecule has 1 N–H and O–H groups in total. The average Bonchev–Trinajstić information content (AvgIpc) is 2.30. The van der Waals surface area contributed by atoms with Crippen LogP contribution in [0.4, 0.5) is 0 Å². The largest absolute Gasteiger partial charge is 0.297 e. The van der Waals surface area contributed by atoms with Crippen LogP contribution in [-0.2, 0) is 21.3 Å². The second kappa shape index (κ2) is 7.42. The molecule has 0 aliphatic rings. The Morgan fingerprint density at radius 2 is 1.88 bits per heavy atom. The van der Waals surface area contributed by atoms with Crippen LogP contribution in [0.15, 0.2) is 30.3 Å². The fraction of sp³-hybridized carbons (Fsp3) is 0.500. The molecule has 0 aliphatic carbocycles. The molecule has 1 aromatic carbocycles. The van der Waals surface area contributed by atoms with Crippen molar-refractivity contribution in [3.63, 3.8) is 0 Å². The lowest BCUT2D eigenvalue weighted by atomic mass is 10.2. The standard InChI is InChI=1S/C12H19NO3S/c1-2-9-17(14,15)10-8-13-16-11-12-6-4-3-5-7-12/h3-7,13H,2,8-11H2,1H3. The van der Waals surface area contributed by atoms with E-state index in [-0.39, 0.29) is 11.5 Å². The molecule has 0 bridgehead atoms. The number of nitrogens with one attached hydrogen (secondary N) is 1. The molecule has 96 valence electrons. The maximum atomic E-state index is 11.4. The molecule has 0 aromatic heterocycles. The number of hydrogen-bond acceptors (Lipinski definition) is 4. The van der Waals surface area contributed by atoms with Crippen LogP contribution >= 0.6 is 0 Å². The Morgan fingerprint density at radius 1 is 1.18 bits per heavy atom. The van der Waals surface area contributed by atoms with Crippen molar-refractivity contribution in [3.05, 3.63) is 35.9 Å². The van der Waals surface area contributed by atoms with Crippen LogP contribution in [0.3, 0.4) is 0 Å². The highest BCUT2D eigenvalue weighted by Crippen LogP contribution is 1.99. The third kappa shape index (κ3) is 6.41. The molecular formula is C12H19NO3S. The molecule has 0 heterocycles. The summed E-state index contributed by atoms with van der Waals surface area (Å²) in [5.74, 6) is 0.364. The van der Waals surface area contributed by atoms with Crippen LogP contribution in [0.5, 0.6) is 0 Å². The molecule has 1 rings (SSSR count). The van der Waals surface area contributed by atoms with Crippen LogP contribution in [0.1, 0.15) is 18.9 Å². The third-order valence-corrected chi connectivity index (χ3v) is 4.07. The number of hydrogen-bond donors (Lipinski definition) is 1. The lowest BCUT2D eigenvalue weighted by molar-refractivity contribution is 0.0318. The summed E-state index contributed by atoms with van der Waals surface area (Å²) in [6.07, 6.45) is 0.660. The number of hydroxylamine groups is 1. The minimum atomic E-state index is -2.92. The van der Waals surface area contributed by atoms with Gasteiger partial charge in [-0.2, -0.15) is 0 Å². The fourth-order valence-corrected chi connectivity index (χ4v) is 2.61. The van der Waals surface area contributed by atoms with E-state index in [9.17, 15) is 8.42 Å². The van der Waals surface area contributed by atoms with E-state index in [0.29, 0.717) is 19.6 Å². The molecule has 5 heteroatoms. The van der Waals surface area contributed by atoms with Crippen molar-refractivity contribution in [2.45, 2.75) is 20.0 Å². The summed E-state index contributed by atoms with van der Waals surface area (Å²) < 4.78 is 22.7. The van der Waals surface area contributed by atoms with E-state index in [1.807, 2.05) is 37.3 Å². The number of benzene rings is 1. The van der Waals surface area contributed by atoms with E-state index < -0.39 is 9.84 Å². The third-order valence-electron chi connectivity index (χ3n) is 2.21. The number of rotatable bonds is 8. The van der Waals surface area contributed by atoms with Gasteiger partial charge in [-0.25, -0.2) is 13.9 Å². The average molecular weight is 257 g/mol. The van der Waals surface area contributed by atoms with Gasteiger partial charge in [0, 0.05) is 12.3 Å². The van der Waals surface area contributed by atoms with Crippen molar-refractivity contribution in [2.75, 3.05) is 18.1 Å². The SMILES string of the molecule is CCCS(=O)(=O)CCNOCc1ccccc1. The van der Waals surface area contributed by atoms with Gasteiger partial charge >= 0.3 is 0 Å². The summed E-state index contributed by atoms with van der Waals surface area (Å²) in [5, 5.41) is 0. The summed E-state index contributed by atoms with van der Waals surface area (Å²) in [6.45, 7) is 2.63. The van der Waals surface area contributed by atoms with Crippen LogP contribution in [0.25, 0.3) is 0 Å². The summed E-state index contributed by atoms with van der Waals surface area (Å²) in [4.78, 5) is 5.18. The van der Waals surface area contributed by atoms with Gasteiger partial charge in [-0.15, -0.1) is 0 Å². The van der Waals surface area contributed by atoms with Crippen molar-refractivity contribution in [1.82, 2.24) is 5.48 Å². The Bertz CT molecular complexity index is 403. The van der Waals surface area contributed by atoms with Gasteiger partial charge in [-0.1, -0.05) is 37.3 Å².